The van der Waals surface area contributed by atoms with E-state index in [2.05, 4.69) is 21.5 Å². The number of carbonyl (C=O) groups excluding carboxylic acids is 1. The second-order valence-corrected chi connectivity index (χ2v) is 4.06. The van der Waals surface area contributed by atoms with Crippen molar-refractivity contribution in [2.75, 3.05) is 39.3 Å². The predicted octanol–water partition coefficient (Wildman–Crippen LogP) is -0.189. The number of nitrogens with zero attached hydrogens (tertiary/aromatic N) is 1. The molecule has 0 bridgehead atoms. The average Bonchev–Trinajstić information content (AvgIpc) is 2.78. The molecule has 1 fully saturated rings. The molecule has 1 aliphatic rings. The molecule has 0 aromatic carbocycles. The van der Waals surface area contributed by atoms with Crippen LogP contribution in [0, 0.1) is 12.3 Å². The number of amides is 1. The van der Waals surface area contributed by atoms with Crippen LogP contribution in [0.15, 0.2) is 0 Å². The maximum absolute atomic E-state index is 11.3. The molecule has 1 aliphatic heterocycles. The standard InChI is InChI=1S/C12H21N3O/c1-2-6-13-11-12(16)14-7-5-10-15-8-3-4-9-15/h1,13H,3-11H2,(H,14,16). The Labute approximate surface area is 97.8 Å². The molecule has 0 aromatic heterocycles. The summed E-state index contributed by atoms with van der Waals surface area (Å²) in [4.78, 5) is 13.7. The lowest BCUT2D eigenvalue weighted by atomic mass is 10.4. The van der Waals surface area contributed by atoms with Gasteiger partial charge in [0.15, 0.2) is 0 Å². The Hall–Kier alpha value is -1.05. The van der Waals surface area contributed by atoms with Crippen LogP contribution in [0.1, 0.15) is 19.3 Å². The number of carbonyl (C=O) groups is 1. The molecule has 1 rings (SSSR count). The van der Waals surface area contributed by atoms with Gasteiger partial charge in [-0.3, -0.25) is 10.1 Å². The zero-order chi connectivity index (χ0) is 11.6. The van der Waals surface area contributed by atoms with E-state index < -0.39 is 0 Å². The van der Waals surface area contributed by atoms with Crippen LogP contribution in [0.2, 0.25) is 0 Å². The van der Waals surface area contributed by atoms with Gasteiger partial charge >= 0.3 is 0 Å². The molecule has 1 saturated heterocycles. The maximum atomic E-state index is 11.3. The average molecular weight is 223 g/mol. The highest BCUT2D eigenvalue weighted by atomic mass is 16.1. The van der Waals surface area contributed by atoms with Crippen molar-refractivity contribution in [3.8, 4) is 12.3 Å². The van der Waals surface area contributed by atoms with E-state index in [9.17, 15) is 4.79 Å². The van der Waals surface area contributed by atoms with Crippen molar-refractivity contribution >= 4 is 5.91 Å². The fourth-order valence-corrected chi connectivity index (χ4v) is 1.85. The van der Waals surface area contributed by atoms with E-state index in [1.807, 2.05) is 0 Å². The Morgan fingerprint density at radius 2 is 2.12 bits per heavy atom. The Kier molecular flexibility index (Phi) is 6.62. The van der Waals surface area contributed by atoms with Crippen molar-refractivity contribution < 1.29 is 4.79 Å². The Balaban J connectivity index is 1.90. The molecule has 0 spiro atoms. The fourth-order valence-electron chi connectivity index (χ4n) is 1.85. The first-order chi connectivity index (χ1) is 7.83. The summed E-state index contributed by atoms with van der Waals surface area (Å²) in [6, 6.07) is 0. The summed E-state index contributed by atoms with van der Waals surface area (Å²) < 4.78 is 0. The molecule has 0 atom stereocenters. The summed E-state index contributed by atoms with van der Waals surface area (Å²) in [6.07, 6.45) is 8.73. The first-order valence-corrected chi connectivity index (χ1v) is 5.96. The Morgan fingerprint density at radius 1 is 1.38 bits per heavy atom. The minimum atomic E-state index is 0.0247. The third kappa shape index (κ3) is 5.74. The quantitative estimate of drug-likeness (QED) is 0.464. The number of hydrogen-bond donors (Lipinski definition) is 2. The minimum Gasteiger partial charge on any atom is -0.355 e. The van der Waals surface area contributed by atoms with Crippen LogP contribution < -0.4 is 10.6 Å². The molecule has 90 valence electrons. The second kappa shape index (κ2) is 8.14. The van der Waals surface area contributed by atoms with Gasteiger partial charge < -0.3 is 10.2 Å². The van der Waals surface area contributed by atoms with E-state index in [4.69, 9.17) is 6.42 Å². The number of likely N-dealkylation sites (tertiary alicyclic amines) is 1. The summed E-state index contributed by atoms with van der Waals surface area (Å²) in [5, 5.41) is 5.73. The van der Waals surface area contributed by atoms with Crippen molar-refractivity contribution in [2.45, 2.75) is 19.3 Å². The Morgan fingerprint density at radius 3 is 2.81 bits per heavy atom. The molecule has 0 radical (unpaired) electrons. The van der Waals surface area contributed by atoms with E-state index in [1.165, 1.54) is 25.9 Å². The number of rotatable bonds is 7. The third-order valence-corrected chi connectivity index (χ3v) is 2.68. The van der Waals surface area contributed by atoms with Gasteiger partial charge in [0.25, 0.3) is 0 Å². The SMILES string of the molecule is C#CCNCC(=O)NCCCN1CCCC1. The molecule has 0 saturated carbocycles. The highest BCUT2D eigenvalue weighted by molar-refractivity contribution is 5.77. The first-order valence-electron chi connectivity index (χ1n) is 5.96. The monoisotopic (exact) mass is 223 g/mol. The van der Waals surface area contributed by atoms with Crippen molar-refractivity contribution in [3.05, 3.63) is 0 Å². The van der Waals surface area contributed by atoms with Crippen LogP contribution in [-0.2, 0) is 4.79 Å². The van der Waals surface area contributed by atoms with Gasteiger partial charge in [-0.2, -0.15) is 0 Å². The lowest BCUT2D eigenvalue weighted by molar-refractivity contribution is -0.120. The molecule has 2 N–H and O–H groups in total. The maximum Gasteiger partial charge on any atom is 0.233 e. The van der Waals surface area contributed by atoms with Crippen LogP contribution in [0.3, 0.4) is 0 Å². The van der Waals surface area contributed by atoms with Gasteiger partial charge in [0, 0.05) is 6.54 Å². The molecule has 0 unspecified atom stereocenters. The van der Waals surface area contributed by atoms with Gasteiger partial charge in [0.05, 0.1) is 13.1 Å². The van der Waals surface area contributed by atoms with Crippen molar-refractivity contribution in [1.29, 1.82) is 0 Å². The molecule has 4 nitrogen and oxygen atoms in total. The molecule has 0 aromatic rings. The first kappa shape index (κ1) is 13.0. The van der Waals surface area contributed by atoms with E-state index in [0.717, 1.165) is 19.5 Å². The summed E-state index contributed by atoms with van der Waals surface area (Å²) in [7, 11) is 0. The highest BCUT2D eigenvalue weighted by Gasteiger charge is 2.10. The normalized spacial score (nSPS) is 15.9. The lowest BCUT2D eigenvalue weighted by Crippen LogP contribution is -2.35. The lowest BCUT2D eigenvalue weighted by Gasteiger charge is -2.14. The second-order valence-electron chi connectivity index (χ2n) is 4.06. The van der Waals surface area contributed by atoms with Crippen LogP contribution in [0.25, 0.3) is 0 Å². The summed E-state index contributed by atoms with van der Waals surface area (Å²) in [6.45, 7) is 5.05. The van der Waals surface area contributed by atoms with Crippen LogP contribution in [0.5, 0.6) is 0 Å². The number of nitrogens with one attached hydrogen (secondary N) is 2. The topological polar surface area (TPSA) is 44.4 Å². The molecule has 16 heavy (non-hydrogen) atoms. The summed E-state index contributed by atoms with van der Waals surface area (Å²) >= 11 is 0. The zero-order valence-electron chi connectivity index (χ0n) is 9.80. The Bertz CT molecular complexity index is 241. The highest BCUT2D eigenvalue weighted by Crippen LogP contribution is 2.06. The fraction of sp³-hybridized carbons (Fsp3) is 0.750. The van der Waals surface area contributed by atoms with E-state index in [0.29, 0.717) is 13.1 Å². The molecule has 4 heteroatoms. The number of terminal acetylenes is 1. The van der Waals surface area contributed by atoms with Gasteiger partial charge in [-0.15, -0.1) is 6.42 Å². The minimum absolute atomic E-state index is 0.0247. The molecule has 0 aliphatic carbocycles. The summed E-state index contributed by atoms with van der Waals surface area (Å²) in [5.74, 6) is 2.45. The molecular weight excluding hydrogens is 202 g/mol. The van der Waals surface area contributed by atoms with E-state index >= 15 is 0 Å². The van der Waals surface area contributed by atoms with E-state index in [-0.39, 0.29) is 5.91 Å². The van der Waals surface area contributed by atoms with Gasteiger partial charge in [0.2, 0.25) is 5.91 Å². The van der Waals surface area contributed by atoms with Gasteiger partial charge in [0.1, 0.15) is 0 Å². The van der Waals surface area contributed by atoms with Gasteiger partial charge in [-0.05, 0) is 38.9 Å². The molecular formula is C12H21N3O. The largest absolute Gasteiger partial charge is 0.355 e. The number of hydrogen-bond acceptors (Lipinski definition) is 3. The van der Waals surface area contributed by atoms with E-state index in [1.54, 1.807) is 0 Å². The van der Waals surface area contributed by atoms with Crippen molar-refractivity contribution in [3.63, 3.8) is 0 Å². The van der Waals surface area contributed by atoms with Crippen molar-refractivity contribution in [2.24, 2.45) is 0 Å². The third-order valence-electron chi connectivity index (χ3n) is 2.68. The predicted molar refractivity (Wildman–Crippen MR) is 65.0 cm³/mol. The molecule has 1 amide bonds. The molecule has 1 heterocycles. The van der Waals surface area contributed by atoms with Crippen LogP contribution >= 0.6 is 0 Å². The van der Waals surface area contributed by atoms with Crippen molar-refractivity contribution in [1.82, 2.24) is 15.5 Å². The van der Waals surface area contributed by atoms with Gasteiger partial charge in [-0.1, -0.05) is 5.92 Å². The summed E-state index contributed by atoms with van der Waals surface area (Å²) in [5.41, 5.74) is 0. The zero-order valence-corrected chi connectivity index (χ0v) is 9.80. The van der Waals surface area contributed by atoms with Crippen LogP contribution in [0.4, 0.5) is 0 Å². The van der Waals surface area contributed by atoms with Crippen LogP contribution in [-0.4, -0.2) is 50.1 Å². The van der Waals surface area contributed by atoms with Gasteiger partial charge in [-0.25, -0.2) is 0 Å². The smallest absolute Gasteiger partial charge is 0.233 e.